The van der Waals surface area contributed by atoms with Crippen molar-refractivity contribution in [2.24, 2.45) is 7.05 Å². The van der Waals surface area contributed by atoms with Gasteiger partial charge in [-0.1, -0.05) is 18.2 Å². The second-order valence-electron chi connectivity index (χ2n) is 4.57. The maximum absolute atomic E-state index is 9.93. The maximum atomic E-state index is 9.93. The van der Waals surface area contributed by atoms with Gasteiger partial charge in [-0.25, -0.2) is 9.67 Å². The highest BCUT2D eigenvalue weighted by atomic mass is 16.3. The van der Waals surface area contributed by atoms with Crippen molar-refractivity contribution in [1.29, 1.82) is 0 Å². The Morgan fingerprint density at radius 2 is 1.90 bits per heavy atom. The minimum Gasteiger partial charge on any atom is -0.507 e. The second kappa shape index (κ2) is 4.77. The average molecular weight is 266 g/mol. The van der Waals surface area contributed by atoms with Crippen LogP contribution in [0.4, 0.5) is 0 Å². The molecule has 3 rings (SSSR count). The first-order chi connectivity index (χ1) is 9.66. The molecule has 3 aromatic rings. The Morgan fingerprint density at radius 3 is 2.65 bits per heavy atom. The normalized spacial score (nSPS) is 10.7. The highest BCUT2D eigenvalue weighted by Crippen LogP contribution is 2.28. The maximum Gasteiger partial charge on any atom is 0.200 e. The summed E-state index contributed by atoms with van der Waals surface area (Å²) in [6.07, 6.45) is 1.72. The number of aryl methyl sites for hydroxylation is 2. The zero-order chi connectivity index (χ0) is 14.1. The van der Waals surface area contributed by atoms with E-state index in [4.69, 9.17) is 0 Å². The van der Waals surface area contributed by atoms with Crippen LogP contribution in [0.1, 0.15) is 5.56 Å². The Bertz CT molecular complexity index is 764. The fraction of sp³-hybridized carbons (Fsp3) is 0.133. The zero-order valence-corrected chi connectivity index (χ0v) is 11.3. The first-order valence-corrected chi connectivity index (χ1v) is 6.28. The van der Waals surface area contributed by atoms with Crippen molar-refractivity contribution in [3.8, 4) is 28.7 Å². The zero-order valence-electron chi connectivity index (χ0n) is 11.3. The monoisotopic (exact) mass is 266 g/mol. The largest absolute Gasteiger partial charge is 0.507 e. The number of rotatable bonds is 2. The Kier molecular flexibility index (Phi) is 2.95. The molecule has 1 N–H and O–H groups in total. The molecule has 5 nitrogen and oxygen atoms in total. The number of pyridine rings is 1. The molecule has 0 bridgehead atoms. The van der Waals surface area contributed by atoms with Crippen molar-refractivity contribution in [2.75, 3.05) is 0 Å². The van der Waals surface area contributed by atoms with Crippen LogP contribution in [-0.4, -0.2) is 24.9 Å². The van der Waals surface area contributed by atoms with Gasteiger partial charge in [0.25, 0.3) is 0 Å². The van der Waals surface area contributed by atoms with E-state index in [0.29, 0.717) is 17.2 Å². The van der Waals surface area contributed by atoms with E-state index in [9.17, 15) is 5.11 Å². The van der Waals surface area contributed by atoms with E-state index in [-0.39, 0.29) is 5.75 Å². The van der Waals surface area contributed by atoms with Crippen LogP contribution >= 0.6 is 0 Å². The van der Waals surface area contributed by atoms with E-state index in [2.05, 4.69) is 15.1 Å². The van der Waals surface area contributed by atoms with Gasteiger partial charge in [-0.2, -0.15) is 0 Å². The molecule has 0 radical (unpaired) electrons. The molecule has 100 valence electrons. The molecule has 2 heterocycles. The fourth-order valence-corrected chi connectivity index (χ4v) is 2.10. The number of phenols is 1. The molecule has 0 aliphatic heterocycles. The highest BCUT2D eigenvalue weighted by Gasteiger charge is 2.15. The molecule has 1 aromatic carbocycles. The van der Waals surface area contributed by atoms with Crippen LogP contribution in [0.25, 0.3) is 22.9 Å². The summed E-state index contributed by atoms with van der Waals surface area (Å²) in [7, 11) is 1.80. The fourth-order valence-electron chi connectivity index (χ4n) is 2.10. The number of benzene rings is 1. The van der Waals surface area contributed by atoms with E-state index < -0.39 is 0 Å². The summed E-state index contributed by atoms with van der Waals surface area (Å²) < 4.78 is 1.65. The molecule has 0 fully saturated rings. The molecule has 0 saturated heterocycles. The molecule has 0 unspecified atom stereocenters. The van der Waals surface area contributed by atoms with Gasteiger partial charge in [-0.3, -0.25) is 4.98 Å². The second-order valence-corrected chi connectivity index (χ2v) is 4.57. The standard InChI is InChI=1S/C15H14N4O/c1-10-6-5-9-16-13(10)14-17-15(19(2)18-14)11-7-3-4-8-12(11)20/h3-9,20H,1-2H3. The molecule has 0 atom stereocenters. The van der Waals surface area contributed by atoms with Crippen LogP contribution in [0.3, 0.4) is 0 Å². The molecule has 0 aliphatic carbocycles. The first kappa shape index (κ1) is 12.3. The minimum absolute atomic E-state index is 0.187. The van der Waals surface area contributed by atoms with Gasteiger partial charge in [0.1, 0.15) is 11.4 Å². The van der Waals surface area contributed by atoms with E-state index >= 15 is 0 Å². The topological polar surface area (TPSA) is 63.8 Å². The Hall–Kier alpha value is -2.69. The molecule has 0 spiro atoms. The Balaban J connectivity index is 2.13. The van der Waals surface area contributed by atoms with Crippen molar-refractivity contribution in [2.45, 2.75) is 6.92 Å². The molecule has 0 aliphatic rings. The Labute approximate surface area is 116 Å². The average Bonchev–Trinajstić information content (AvgIpc) is 2.81. The van der Waals surface area contributed by atoms with Gasteiger partial charge < -0.3 is 5.11 Å². The van der Waals surface area contributed by atoms with Crippen molar-refractivity contribution in [3.05, 3.63) is 48.2 Å². The van der Waals surface area contributed by atoms with Gasteiger partial charge >= 0.3 is 0 Å². The van der Waals surface area contributed by atoms with Crippen LogP contribution in [-0.2, 0) is 7.05 Å². The van der Waals surface area contributed by atoms with Gasteiger partial charge in [0, 0.05) is 13.2 Å². The number of aromatic nitrogens is 4. The SMILES string of the molecule is Cc1cccnc1-c1nc(-c2ccccc2O)n(C)n1. The smallest absolute Gasteiger partial charge is 0.200 e. The van der Waals surface area contributed by atoms with Gasteiger partial charge in [0.05, 0.1) is 5.56 Å². The summed E-state index contributed by atoms with van der Waals surface area (Å²) in [5, 5.41) is 14.3. The van der Waals surface area contributed by atoms with Gasteiger partial charge in [-0.15, -0.1) is 5.10 Å². The quantitative estimate of drug-likeness (QED) is 0.774. The highest BCUT2D eigenvalue weighted by molar-refractivity contribution is 5.66. The number of nitrogens with zero attached hydrogens (tertiary/aromatic N) is 4. The van der Waals surface area contributed by atoms with Gasteiger partial charge in [-0.05, 0) is 30.7 Å². The molecular weight excluding hydrogens is 252 g/mol. The molecule has 20 heavy (non-hydrogen) atoms. The number of para-hydroxylation sites is 1. The molecule has 0 saturated carbocycles. The minimum atomic E-state index is 0.187. The van der Waals surface area contributed by atoms with Crippen molar-refractivity contribution in [3.63, 3.8) is 0 Å². The van der Waals surface area contributed by atoms with Crippen LogP contribution in [0, 0.1) is 6.92 Å². The summed E-state index contributed by atoms with van der Waals surface area (Å²) in [4.78, 5) is 8.82. The predicted molar refractivity (Wildman–Crippen MR) is 76.1 cm³/mol. The van der Waals surface area contributed by atoms with E-state index in [1.165, 1.54) is 0 Å². The van der Waals surface area contributed by atoms with Crippen LogP contribution in [0.15, 0.2) is 42.6 Å². The number of hydrogen-bond donors (Lipinski definition) is 1. The molecule has 0 amide bonds. The number of phenolic OH excluding ortho intramolecular Hbond substituents is 1. The third kappa shape index (κ3) is 2.03. The lowest BCUT2D eigenvalue weighted by Crippen LogP contribution is -1.95. The van der Waals surface area contributed by atoms with E-state index in [1.54, 1.807) is 30.1 Å². The third-order valence-corrected chi connectivity index (χ3v) is 3.13. The molecular formula is C15H14N4O. The lowest BCUT2D eigenvalue weighted by atomic mass is 10.2. The Morgan fingerprint density at radius 1 is 1.10 bits per heavy atom. The van der Waals surface area contributed by atoms with Crippen molar-refractivity contribution in [1.82, 2.24) is 19.7 Å². The third-order valence-electron chi connectivity index (χ3n) is 3.13. The van der Waals surface area contributed by atoms with E-state index in [0.717, 1.165) is 11.3 Å². The van der Waals surface area contributed by atoms with Crippen LogP contribution < -0.4 is 0 Å². The van der Waals surface area contributed by atoms with Crippen LogP contribution in [0.5, 0.6) is 5.75 Å². The van der Waals surface area contributed by atoms with Crippen molar-refractivity contribution < 1.29 is 5.11 Å². The lowest BCUT2D eigenvalue weighted by Gasteiger charge is -2.01. The van der Waals surface area contributed by atoms with Crippen LogP contribution in [0.2, 0.25) is 0 Å². The summed E-state index contributed by atoms with van der Waals surface area (Å²) in [6.45, 7) is 1.97. The first-order valence-electron chi connectivity index (χ1n) is 6.28. The summed E-state index contributed by atoms with van der Waals surface area (Å²) in [5.74, 6) is 1.36. The summed E-state index contributed by atoms with van der Waals surface area (Å²) in [6, 6.07) is 10.9. The predicted octanol–water partition coefficient (Wildman–Crippen LogP) is 2.56. The molecule has 2 aromatic heterocycles. The number of hydrogen-bond acceptors (Lipinski definition) is 4. The van der Waals surface area contributed by atoms with Gasteiger partial charge in [0.15, 0.2) is 5.82 Å². The molecule has 5 heteroatoms. The lowest BCUT2D eigenvalue weighted by molar-refractivity contribution is 0.476. The summed E-state index contributed by atoms with van der Waals surface area (Å²) >= 11 is 0. The summed E-state index contributed by atoms with van der Waals surface area (Å²) in [5.41, 5.74) is 2.43. The van der Waals surface area contributed by atoms with Gasteiger partial charge in [0.2, 0.25) is 5.82 Å². The van der Waals surface area contributed by atoms with E-state index in [1.807, 2.05) is 31.2 Å². The number of aromatic hydroxyl groups is 1. The van der Waals surface area contributed by atoms with Crippen molar-refractivity contribution >= 4 is 0 Å².